The van der Waals surface area contributed by atoms with Crippen molar-refractivity contribution in [1.29, 1.82) is 0 Å². The summed E-state index contributed by atoms with van der Waals surface area (Å²) in [6.45, 7) is 1.50. The summed E-state index contributed by atoms with van der Waals surface area (Å²) < 4.78 is 10.3. The summed E-state index contributed by atoms with van der Waals surface area (Å²) in [5.41, 5.74) is 7.40. The van der Waals surface area contributed by atoms with Gasteiger partial charge in [0.15, 0.2) is 0 Å². The minimum absolute atomic E-state index is 0.685. The topological polar surface area (TPSA) is 47.7 Å². The second-order valence-electron chi connectivity index (χ2n) is 3.35. The van der Waals surface area contributed by atoms with Gasteiger partial charge in [0.2, 0.25) is 0 Å². The van der Waals surface area contributed by atoms with E-state index in [4.69, 9.17) is 15.2 Å². The number of nitrogens with zero attached hydrogens (tertiary/aromatic N) is 1. The number of rotatable bonds is 5. The number of nitrogens with two attached hydrogens (primary N) is 1. The molecule has 84 valence electrons. The van der Waals surface area contributed by atoms with Gasteiger partial charge in [0.1, 0.15) is 5.75 Å². The second-order valence-corrected chi connectivity index (χ2v) is 3.35. The molecule has 0 aliphatic rings. The van der Waals surface area contributed by atoms with Crippen LogP contribution in [0.4, 0.5) is 11.4 Å². The van der Waals surface area contributed by atoms with Crippen molar-refractivity contribution in [3.63, 3.8) is 0 Å². The zero-order valence-electron chi connectivity index (χ0n) is 9.49. The summed E-state index contributed by atoms with van der Waals surface area (Å²) in [7, 11) is 5.32. The monoisotopic (exact) mass is 210 g/mol. The van der Waals surface area contributed by atoms with Gasteiger partial charge in [0.05, 0.1) is 19.4 Å². The van der Waals surface area contributed by atoms with Crippen LogP contribution in [-0.4, -0.2) is 34.4 Å². The average Bonchev–Trinajstić information content (AvgIpc) is 2.25. The number of hydrogen-bond donors (Lipinski definition) is 1. The van der Waals surface area contributed by atoms with Crippen molar-refractivity contribution in [3.05, 3.63) is 18.2 Å². The van der Waals surface area contributed by atoms with Crippen LogP contribution < -0.4 is 15.4 Å². The molecule has 0 aliphatic heterocycles. The Morgan fingerprint density at radius 3 is 2.67 bits per heavy atom. The lowest BCUT2D eigenvalue weighted by molar-refractivity contribution is 0.206. The summed E-state index contributed by atoms with van der Waals surface area (Å²) in [5, 5.41) is 0. The number of anilines is 2. The first-order valence-electron chi connectivity index (χ1n) is 4.82. The van der Waals surface area contributed by atoms with Crippen LogP contribution in [0.1, 0.15) is 0 Å². The van der Waals surface area contributed by atoms with Crippen LogP contribution in [0.5, 0.6) is 5.75 Å². The Hall–Kier alpha value is -1.42. The van der Waals surface area contributed by atoms with E-state index in [-0.39, 0.29) is 0 Å². The summed E-state index contributed by atoms with van der Waals surface area (Å²) >= 11 is 0. The minimum Gasteiger partial charge on any atom is -0.495 e. The second kappa shape index (κ2) is 5.46. The molecule has 0 aromatic heterocycles. The Bertz CT molecular complexity index is 315. The largest absolute Gasteiger partial charge is 0.495 e. The molecule has 0 atom stereocenters. The van der Waals surface area contributed by atoms with Gasteiger partial charge < -0.3 is 20.1 Å². The molecule has 0 saturated carbocycles. The summed E-state index contributed by atoms with van der Waals surface area (Å²) in [4.78, 5) is 2.07. The fourth-order valence-corrected chi connectivity index (χ4v) is 1.36. The number of benzene rings is 1. The fourth-order valence-electron chi connectivity index (χ4n) is 1.36. The van der Waals surface area contributed by atoms with Crippen LogP contribution in [0, 0.1) is 0 Å². The molecular weight excluding hydrogens is 192 g/mol. The molecule has 0 unspecified atom stereocenters. The van der Waals surface area contributed by atoms with Gasteiger partial charge in [-0.25, -0.2) is 0 Å². The maximum Gasteiger partial charge on any atom is 0.144 e. The predicted molar refractivity (Wildman–Crippen MR) is 62.6 cm³/mol. The third-order valence-electron chi connectivity index (χ3n) is 2.25. The molecule has 1 aromatic carbocycles. The summed E-state index contributed by atoms with van der Waals surface area (Å²) in [6.07, 6.45) is 0. The molecule has 0 bridgehead atoms. The van der Waals surface area contributed by atoms with Gasteiger partial charge >= 0.3 is 0 Å². The molecule has 2 N–H and O–H groups in total. The number of ether oxygens (including phenoxy) is 2. The van der Waals surface area contributed by atoms with E-state index in [9.17, 15) is 0 Å². The quantitative estimate of drug-likeness (QED) is 0.745. The van der Waals surface area contributed by atoms with Crippen molar-refractivity contribution in [2.45, 2.75) is 0 Å². The first-order chi connectivity index (χ1) is 7.19. The third-order valence-corrected chi connectivity index (χ3v) is 2.25. The Morgan fingerprint density at radius 1 is 1.33 bits per heavy atom. The van der Waals surface area contributed by atoms with Gasteiger partial charge in [-0.1, -0.05) is 0 Å². The molecule has 15 heavy (non-hydrogen) atoms. The van der Waals surface area contributed by atoms with E-state index in [1.807, 2.05) is 25.2 Å². The third kappa shape index (κ3) is 3.02. The molecule has 1 rings (SSSR count). The van der Waals surface area contributed by atoms with Crippen LogP contribution in [-0.2, 0) is 4.74 Å². The number of hydrogen-bond acceptors (Lipinski definition) is 4. The van der Waals surface area contributed by atoms with Gasteiger partial charge in [-0.2, -0.15) is 0 Å². The molecule has 4 nitrogen and oxygen atoms in total. The number of nitrogen functional groups attached to an aromatic ring is 1. The Balaban J connectivity index is 2.82. The van der Waals surface area contributed by atoms with Crippen molar-refractivity contribution < 1.29 is 9.47 Å². The average molecular weight is 210 g/mol. The van der Waals surface area contributed by atoms with E-state index in [0.717, 1.165) is 18.0 Å². The van der Waals surface area contributed by atoms with Crippen LogP contribution >= 0.6 is 0 Å². The highest BCUT2D eigenvalue weighted by Gasteiger charge is 2.07. The van der Waals surface area contributed by atoms with Gasteiger partial charge in [-0.15, -0.1) is 0 Å². The van der Waals surface area contributed by atoms with Crippen LogP contribution in [0.25, 0.3) is 0 Å². The van der Waals surface area contributed by atoms with E-state index >= 15 is 0 Å². The molecule has 0 spiro atoms. The highest BCUT2D eigenvalue weighted by molar-refractivity contribution is 5.63. The van der Waals surface area contributed by atoms with Crippen molar-refractivity contribution >= 4 is 11.4 Å². The first kappa shape index (κ1) is 11.7. The van der Waals surface area contributed by atoms with Crippen LogP contribution in [0.3, 0.4) is 0 Å². The van der Waals surface area contributed by atoms with Crippen molar-refractivity contribution in [3.8, 4) is 5.75 Å². The SMILES string of the molecule is COCCN(C)c1ccc(N)cc1OC. The standard InChI is InChI=1S/C11H18N2O2/c1-13(6-7-14-2)10-5-4-9(12)8-11(10)15-3/h4-5,8H,6-7,12H2,1-3H3. The number of methoxy groups -OCH3 is 2. The summed E-state index contributed by atoms with van der Waals surface area (Å²) in [6, 6.07) is 5.63. The molecule has 0 aliphatic carbocycles. The molecule has 0 radical (unpaired) electrons. The van der Waals surface area contributed by atoms with Crippen LogP contribution in [0.2, 0.25) is 0 Å². The maximum absolute atomic E-state index is 5.68. The van der Waals surface area contributed by atoms with Crippen molar-refractivity contribution in [2.24, 2.45) is 0 Å². The fraction of sp³-hybridized carbons (Fsp3) is 0.455. The van der Waals surface area contributed by atoms with E-state index in [1.54, 1.807) is 14.2 Å². The molecule has 0 heterocycles. The van der Waals surface area contributed by atoms with Crippen molar-refractivity contribution in [1.82, 2.24) is 0 Å². The van der Waals surface area contributed by atoms with Gasteiger partial charge in [0, 0.05) is 32.5 Å². The lowest BCUT2D eigenvalue weighted by Gasteiger charge is -2.21. The predicted octanol–water partition coefficient (Wildman–Crippen LogP) is 1.36. The maximum atomic E-state index is 5.68. The molecule has 0 saturated heterocycles. The normalized spacial score (nSPS) is 10.1. The Kier molecular flexibility index (Phi) is 4.24. The molecule has 0 amide bonds. The minimum atomic E-state index is 0.685. The van der Waals surface area contributed by atoms with Gasteiger partial charge in [-0.05, 0) is 12.1 Å². The number of likely N-dealkylation sites (N-methyl/N-ethyl adjacent to an activating group) is 1. The Labute approximate surface area is 90.6 Å². The van der Waals surface area contributed by atoms with Gasteiger partial charge in [0.25, 0.3) is 0 Å². The first-order valence-corrected chi connectivity index (χ1v) is 4.82. The smallest absolute Gasteiger partial charge is 0.144 e. The highest BCUT2D eigenvalue weighted by atomic mass is 16.5. The van der Waals surface area contributed by atoms with Crippen LogP contribution in [0.15, 0.2) is 18.2 Å². The lowest BCUT2D eigenvalue weighted by Crippen LogP contribution is -2.22. The van der Waals surface area contributed by atoms with Crippen molar-refractivity contribution in [2.75, 3.05) is 45.1 Å². The van der Waals surface area contributed by atoms with E-state index < -0.39 is 0 Å². The Morgan fingerprint density at radius 2 is 2.07 bits per heavy atom. The lowest BCUT2D eigenvalue weighted by atomic mass is 10.2. The highest BCUT2D eigenvalue weighted by Crippen LogP contribution is 2.29. The zero-order chi connectivity index (χ0) is 11.3. The molecule has 0 fully saturated rings. The van der Waals surface area contributed by atoms with Gasteiger partial charge in [-0.3, -0.25) is 0 Å². The zero-order valence-corrected chi connectivity index (χ0v) is 9.49. The van der Waals surface area contributed by atoms with E-state index in [2.05, 4.69) is 4.90 Å². The molecule has 4 heteroatoms. The summed E-state index contributed by atoms with van der Waals surface area (Å²) in [5.74, 6) is 0.786. The molecular formula is C11H18N2O2. The van der Waals surface area contributed by atoms with E-state index in [0.29, 0.717) is 12.3 Å². The molecule has 1 aromatic rings. The van der Waals surface area contributed by atoms with E-state index in [1.165, 1.54) is 0 Å².